The average molecular weight is 231 g/mol. The molecule has 16 heavy (non-hydrogen) atoms. The van der Waals surface area contributed by atoms with Gasteiger partial charge in [0.05, 0.1) is 19.1 Å². The molecule has 0 aliphatic rings. The van der Waals surface area contributed by atoms with Crippen LogP contribution >= 0.6 is 0 Å². The number of aliphatic carboxylic acids is 1. The molecule has 0 aliphatic carbocycles. The summed E-state index contributed by atoms with van der Waals surface area (Å²) in [5.41, 5.74) is -0.0181. The molecule has 0 aromatic rings. The molecule has 0 saturated heterocycles. The highest BCUT2D eigenvalue weighted by Crippen LogP contribution is 2.13. The molecule has 0 aromatic carbocycles. The average Bonchev–Trinajstić information content (AvgIpc) is 2.07. The van der Waals surface area contributed by atoms with Crippen LogP contribution < -0.4 is 0 Å². The summed E-state index contributed by atoms with van der Waals surface area (Å²) in [5.74, 6) is -0.751. The molecule has 0 bridgehead atoms. The van der Waals surface area contributed by atoms with Gasteiger partial charge in [0.25, 0.3) is 0 Å². The first-order chi connectivity index (χ1) is 7.23. The van der Waals surface area contributed by atoms with Crippen LogP contribution in [0.4, 0.5) is 0 Å². The summed E-state index contributed by atoms with van der Waals surface area (Å²) in [6.45, 7) is 12.2. The van der Waals surface area contributed by atoms with E-state index < -0.39 is 5.97 Å². The van der Waals surface area contributed by atoms with E-state index in [1.54, 1.807) is 0 Å². The molecular weight excluding hydrogens is 206 g/mol. The monoisotopic (exact) mass is 231 g/mol. The van der Waals surface area contributed by atoms with Crippen LogP contribution in [0.1, 0.15) is 41.0 Å². The third-order valence-corrected chi connectivity index (χ3v) is 2.36. The molecule has 0 aliphatic heterocycles. The number of carboxylic acid groups (broad SMARTS) is 1. The zero-order valence-electron chi connectivity index (χ0n) is 11.1. The Morgan fingerprint density at radius 3 is 2.25 bits per heavy atom. The second kappa shape index (κ2) is 6.86. The molecule has 1 N–H and O–H groups in total. The van der Waals surface area contributed by atoms with Crippen molar-refractivity contribution in [1.29, 1.82) is 0 Å². The summed E-state index contributed by atoms with van der Waals surface area (Å²) in [5, 5.41) is 8.68. The zero-order valence-corrected chi connectivity index (χ0v) is 11.1. The molecule has 4 heteroatoms. The lowest BCUT2D eigenvalue weighted by atomic mass is 10.1. The molecule has 0 heterocycles. The second-order valence-electron chi connectivity index (χ2n) is 5.22. The summed E-state index contributed by atoms with van der Waals surface area (Å²) < 4.78 is 5.49. The predicted octanol–water partition coefficient (Wildman–Crippen LogP) is 1.99. The largest absolute Gasteiger partial charge is 0.481 e. The number of hydrogen-bond donors (Lipinski definition) is 1. The van der Waals surface area contributed by atoms with Crippen molar-refractivity contribution in [1.82, 2.24) is 4.90 Å². The van der Waals surface area contributed by atoms with Gasteiger partial charge in [-0.1, -0.05) is 0 Å². The Morgan fingerprint density at radius 1 is 1.31 bits per heavy atom. The van der Waals surface area contributed by atoms with Crippen LogP contribution in [0.2, 0.25) is 0 Å². The summed E-state index contributed by atoms with van der Waals surface area (Å²) in [4.78, 5) is 12.7. The summed E-state index contributed by atoms with van der Waals surface area (Å²) in [6.07, 6.45) is 0.403. The first kappa shape index (κ1) is 15.4. The SMILES string of the molecule is CC(C)OCCN(CCC(=O)O)C(C)(C)C. The van der Waals surface area contributed by atoms with E-state index in [-0.39, 0.29) is 18.1 Å². The van der Waals surface area contributed by atoms with Crippen molar-refractivity contribution in [2.75, 3.05) is 19.7 Å². The maximum Gasteiger partial charge on any atom is 0.304 e. The van der Waals surface area contributed by atoms with Gasteiger partial charge in [-0.05, 0) is 34.6 Å². The van der Waals surface area contributed by atoms with Crippen LogP contribution in [0.3, 0.4) is 0 Å². The van der Waals surface area contributed by atoms with Gasteiger partial charge in [-0.25, -0.2) is 0 Å². The minimum atomic E-state index is -0.751. The van der Waals surface area contributed by atoms with Crippen molar-refractivity contribution in [3.8, 4) is 0 Å². The highest BCUT2D eigenvalue weighted by molar-refractivity contribution is 5.66. The predicted molar refractivity (Wildman–Crippen MR) is 64.7 cm³/mol. The molecule has 0 saturated carbocycles. The maximum atomic E-state index is 10.6. The van der Waals surface area contributed by atoms with Gasteiger partial charge in [-0.3, -0.25) is 9.69 Å². The molecule has 0 spiro atoms. The van der Waals surface area contributed by atoms with E-state index in [9.17, 15) is 4.79 Å². The quantitative estimate of drug-likeness (QED) is 0.728. The van der Waals surface area contributed by atoms with Gasteiger partial charge in [0, 0.05) is 18.6 Å². The lowest BCUT2D eigenvalue weighted by molar-refractivity contribution is -0.137. The fourth-order valence-corrected chi connectivity index (χ4v) is 1.41. The molecule has 0 radical (unpaired) electrons. The molecule has 0 atom stereocenters. The van der Waals surface area contributed by atoms with E-state index in [1.807, 2.05) is 13.8 Å². The van der Waals surface area contributed by atoms with Crippen molar-refractivity contribution in [2.24, 2.45) is 0 Å². The number of carboxylic acids is 1. The Bertz CT molecular complexity index is 209. The first-order valence-corrected chi connectivity index (χ1v) is 5.82. The van der Waals surface area contributed by atoms with E-state index >= 15 is 0 Å². The van der Waals surface area contributed by atoms with Gasteiger partial charge in [0.2, 0.25) is 0 Å². The van der Waals surface area contributed by atoms with Gasteiger partial charge in [-0.15, -0.1) is 0 Å². The standard InChI is InChI=1S/C12H25NO3/c1-10(2)16-9-8-13(12(3,4)5)7-6-11(14)15/h10H,6-9H2,1-5H3,(H,14,15). The van der Waals surface area contributed by atoms with Crippen molar-refractivity contribution < 1.29 is 14.6 Å². The molecule has 96 valence electrons. The smallest absolute Gasteiger partial charge is 0.304 e. The lowest BCUT2D eigenvalue weighted by Crippen LogP contribution is -2.44. The number of nitrogens with zero attached hydrogens (tertiary/aromatic N) is 1. The second-order valence-corrected chi connectivity index (χ2v) is 5.22. The topological polar surface area (TPSA) is 49.8 Å². The minimum absolute atomic E-state index is 0.0181. The fourth-order valence-electron chi connectivity index (χ4n) is 1.41. The van der Waals surface area contributed by atoms with E-state index in [1.165, 1.54) is 0 Å². The van der Waals surface area contributed by atoms with Gasteiger partial charge in [0.1, 0.15) is 0 Å². The van der Waals surface area contributed by atoms with Crippen molar-refractivity contribution in [2.45, 2.75) is 52.7 Å². The maximum absolute atomic E-state index is 10.6. The van der Waals surface area contributed by atoms with Crippen LogP contribution in [-0.2, 0) is 9.53 Å². The molecular formula is C12H25NO3. The van der Waals surface area contributed by atoms with E-state index in [2.05, 4.69) is 25.7 Å². The molecule has 0 aromatic heterocycles. The molecule has 0 rings (SSSR count). The normalized spacial score (nSPS) is 12.4. The van der Waals surface area contributed by atoms with Crippen LogP contribution in [0.15, 0.2) is 0 Å². The third kappa shape index (κ3) is 7.65. The zero-order chi connectivity index (χ0) is 12.8. The number of rotatable bonds is 7. The van der Waals surface area contributed by atoms with Crippen molar-refractivity contribution in [3.63, 3.8) is 0 Å². The van der Waals surface area contributed by atoms with E-state index in [4.69, 9.17) is 9.84 Å². The van der Waals surface area contributed by atoms with E-state index in [0.29, 0.717) is 13.2 Å². The van der Waals surface area contributed by atoms with Gasteiger partial charge in [0.15, 0.2) is 0 Å². The molecule has 4 nitrogen and oxygen atoms in total. The van der Waals surface area contributed by atoms with E-state index in [0.717, 1.165) is 6.54 Å². The fraction of sp³-hybridized carbons (Fsp3) is 0.917. The summed E-state index contributed by atoms with van der Waals surface area (Å²) in [6, 6.07) is 0. The number of ether oxygens (including phenoxy) is 1. The Labute approximate surface area is 98.6 Å². The van der Waals surface area contributed by atoms with Crippen LogP contribution in [0.25, 0.3) is 0 Å². The third-order valence-electron chi connectivity index (χ3n) is 2.36. The molecule has 0 fully saturated rings. The minimum Gasteiger partial charge on any atom is -0.481 e. The van der Waals surface area contributed by atoms with Gasteiger partial charge >= 0.3 is 5.97 Å². The van der Waals surface area contributed by atoms with Crippen LogP contribution in [-0.4, -0.2) is 47.3 Å². The van der Waals surface area contributed by atoms with Crippen LogP contribution in [0, 0.1) is 0 Å². The molecule has 0 unspecified atom stereocenters. The van der Waals surface area contributed by atoms with Gasteiger partial charge in [-0.2, -0.15) is 0 Å². The van der Waals surface area contributed by atoms with Crippen molar-refractivity contribution in [3.05, 3.63) is 0 Å². The van der Waals surface area contributed by atoms with Gasteiger partial charge < -0.3 is 9.84 Å². The first-order valence-electron chi connectivity index (χ1n) is 5.82. The Balaban J connectivity index is 4.07. The Morgan fingerprint density at radius 2 is 1.88 bits per heavy atom. The molecule has 0 amide bonds. The summed E-state index contributed by atoms with van der Waals surface area (Å²) >= 11 is 0. The Hall–Kier alpha value is -0.610. The summed E-state index contributed by atoms with van der Waals surface area (Å²) in [7, 11) is 0. The lowest BCUT2D eigenvalue weighted by Gasteiger charge is -2.35. The van der Waals surface area contributed by atoms with Crippen molar-refractivity contribution >= 4 is 5.97 Å². The van der Waals surface area contributed by atoms with Crippen LogP contribution in [0.5, 0.6) is 0 Å². The highest BCUT2D eigenvalue weighted by Gasteiger charge is 2.21. The number of carbonyl (C=O) groups is 1. The Kier molecular flexibility index (Phi) is 6.60. The highest BCUT2D eigenvalue weighted by atomic mass is 16.5. The number of hydrogen-bond acceptors (Lipinski definition) is 3.